The van der Waals surface area contributed by atoms with Gasteiger partial charge in [0.25, 0.3) is 0 Å². The SMILES string of the molecule is CC(N)C(c1ccccc1)N(C)Cc1cccc(Cl)c1. The molecule has 0 radical (unpaired) electrons. The van der Waals surface area contributed by atoms with Crippen LogP contribution >= 0.6 is 11.6 Å². The molecule has 2 unspecified atom stereocenters. The van der Waals surface area contributed by atoms with Crippen molar-refractivity contribution >= 4 is 11.6 Å². The topological polar surface area (TPSA) is 29.3 Å². The van der Waals surface area contributed by atoms with Gasteiger partial charge in [0.15, 0.2) is 0 Å². The summed E-state index contributed by atoms with van der Waals surface area (Å²) in [5.74, 6) is 0. The molecule has 2 atom stereocenters. The van der Waals surface area contributed by atoms with Crippen LogP contribution in [-0.2, 0) is 6.54 Å². The molecule has 0 aromatic heterocycles. The second-order valence-electron chi connectivity index (χ2n) is 5.26. The lowest BCUT2D eigenvalue weighted by Crippen LogP contribution is -2.36. The number of likely N-dealkylation sites (N-methyl/N-ethyl adjacent to an activating group) is 1. The van der Waals surface area contributed by atoms with Gasteiger partial charge in [0.2, 0.25) is 0 Å². The molecule has 2 aromatic carbocycles. The fourth-order valence-corrected chi connectivity index (χ4v) is 2.84. The van der Waals surface area contributed by atoms with Crippen molar-refractivity contribution in [1.82, 2.24) is 4.90 Å². The molecule has 0 bridgehead atoms. The van der Waals surface area contributed by atoms with E-state index in [2.05, 4.69) is 42.3 Å². The van der Waals surface area contributed by atoms with Crippen molar-refractivity contribution in [2.75, 3.05) is 7.05 Å². The lowest BCUT2D eigenvalue weighted by atomic mass is 9.99. The van der Waals surface area contributed by atoms with E-state index >= 15 is 0 Å². The maximum atomic E-state index is 6.19. The predicted octanol–water partition coefficient (Wildman–Crippen LogP) is 3.86. The van der Waals surface area contributed by atoms with Gasteiger partial charge in [0.1, 0.15) is 0 Å². The number of hydrogen-bond acceptors (Lipinski definition) is 2. The zero-order valence-corrected chi connectivity index (χ0v) is 12.7. The lowest BCUT2D eigenvalue weighted by molar-refractivity contribution is 0.211. The van der Waals surface area contributed by atoms with E-state index in [4.69, 9.17) is 17.3 Å². The Morgan fingerprint density at radius 3 is 2.40 bits per heavy atom. The molecular weight excluding hydrogens is 268 g/mol. The molecule has 0 saturated heterocycles. The molecule has 2 rings (SSSR count). The first kappa shape index (κ1) is 15.0. The number of nitrogens with two attached hydrogens (primary N) is 1. The minimum absolute atomic E-state index is 0.0570. The Balaban J connectivity index is 2.18. The van der Waals surface area contributed by atoms with E-state index < -0.39 is 0 Å². The predicted molar refractivity (Wildman–Crippen MR) is 85.8 cm³/mol. The summed E-state index contributed by atoms with van der Waals surface area (Å²) in [6.45, 7) is 2.87. The number of halogens is 1. The number of hydrogen-bond donors (Lipinski definition) is 1. The Bertz CT molecular complexity index is 540. The lowest BCUT2D eigenvalue weighted by Gasteiger charge is -2.31. The Hall–Kier alpha value is -1.35. The second kappa shape index (κ2) is 6.89. The third-order valence-corrected chi connectivity index (χ3v) is 3.67. The average Bonchev–Trinajstić information content (AvgIpc) is 2.39. The van der Waals surface area contributed by atoms with Crippen molar-refractivity contribution in [2.24, 2.45) is 5.73 Å². The smallest absolute Gasteiger partial charge is 0.0496 e. The van der Waals surface area contributed by atoms with Gasteiger partial charge in [-0.05, 0) is 37.2 Å². The van der Waals surface area contributed by atoms with Gasteiger partial charge in [-0.1, -0.05) is 54.1 Å². The van der Waals surface area contributed by atoms with Crippen molar-refractivity contribution in [3.8, 4) is 0 Å². The van der Waals surface area contributed by atoms with Crippen molar-refractivity contribution in [1.29, 1.82) is 0 Å². The molecule has 0 aliphatic carbocycles. The van der Waals surface area contributed by atoms with Gasteiger partial charge in [-0.3, -0.25) is 4.90 Å². The van der Waals surface area contributed by atoms with E-state index in [-0.39, 0.29) is 12.1 Å². The quantitative estimate of drug-likeness (QED) is 0.905. The molecule has 106 valence electrons. The molecule has 2 aromatic rings. The van der Waals surface area contributed by atoms with Gasteiger partial charge in [-0.2, -0.15) is 0 Å². The Morgan fingerprint density at radius 2 is 1.80 bits per heavy atom. The molecule has 20 heavy (non-hydrogen) atoms. The molecule has 3 heteroatoms. The van der Waals surface area contributed by atoms with Crippen molar-refractivity contribution < 1.29 is 0 Å². The highest BCUT2D eigenvalue weighted by molar-refractivity contribution is 6.30. The molecule has 0 aliphatic heterocycles. The molecule has 0 saturated carbocycles. The van der Waals surface area contributed by atoms with Crippen molar-refractivity contribution in [3.05, 3.63) is 70.7 Å². The third kappa shape index (κ3) is 3.83. The summed E-state index contributed by atoms with van der Waals surface area (Å²) in [4.78, 5) is 2.27. The van der Waals surface area contributed by atoms with E-state index in [9.17, 15) is 0 Å². The fourth-order valence-electron chi connectivity index (χ4n) is 2.63. The molecule has 2 nitrogen and oxygen atoms in total. The van der Waals surface area contributed by atoms with E-state index in [1.165, 1.54) is 11.1 Å². The summed E-state index contributed by atoms with van der Waals surface area (Å²) in [6.07, 6.45) is 0. The van der Waals surface area contributed by atoms with E-state index in [1.807, 2.05) is 31.2 Å². The van der Waals surface area contributed by atoms with Gasteiger partial charge in [0, 0.05) is 23.7 Å². The second-order valence-corrected chi connectivity index (χ2v) is 5.70. The van der Waals surface area contributed by atoms with Crippen LogP contribution in [0.2, 0.25) is 5.02 Å². The highest BCUT2D eigenvalue weighted by atomic mass is 35.5. The van der Waals surface area contributed by atoms with Crippen molar-refractivity contribution in [3.63, 3.8) is 0 Å². The van der Waals surface area contributed by atoms with Crippen LogP contribution in [0.1, 0.15) is 24.1 Å². The van der Waals surface area contributed by atoms with Crippen LogP contribution in [0.5, 0.6) is 0 Å². The molecular formula is C17H21ClN2. The first-order valence-electron chi connectivity index (χ1n) is 6.83. The molecule has 2 N–H and O–H groups in total. The van der Waals surface area contributed by atoms with Crippen LogP contribution in [0.15, 0.2) is 54.6 Å². The summed E-state index contributed by atoms with van der Waals surface area (Å²) < 4.78 is 0. The van der Waals surface area contributed by atoms with Crippen molar-refractivity contribution in [2.45, 2.75) is 25.6 Å². The minimum atomic E-state index is 0.0570. The fraction of sp³-hybridized carbons (Fsp3) is 0.294. The summed E-state index contributed by atoms with van der Waals surface area (Å²) >= 11 is 6.04. The maximum Gasteiger partial charge on any atom is 0.0496 e. The molecule has 0 heterocycles. The van der Waals surface area contributed by atoms with Crippen LogP contribution in [0.3, 0.4) is 0 Å². The summed E-state index contributed by atoms with van der Waals surface area (Å²) in [5, 5.41) is 0.771. The van der Waals surface area contributed by atoms with Gasteiger partial charge < -0.3 is 5.73 Å². The highest BCUT2D eigenvalue weighted by Crippen LogP contribution is 2.24. The first-order chi connectivity index (χ1) is 9.58. The molecule has 0 aliphatic rings. The monoisotopic (exact) mass is 288 g/mol. The Labute approximate surface area is 126 Å². The maximum absolute atomic E-state index is 6.19. The minimum Gasteiger partial charge on any atom is -0.326 e. The van der Waals surface area contributed by atoms with Crippen LogP contribution in [0.25, 0.3) is 0 Å². The van der Waals surface area contributed by atoms with Gasteiger partial charge in [-0.25, -0.2) is 0 Å². The Kier molecular flexibility index (Phi) is 5.18. The molecule has 0 amide bonds. The zero-order valence-electron chi connectivity index (χ0n) is 12.0. The highest BCUT2D eigenvalue weighted by Gasteiger charge is 2.21. The normalized spacial score (nSPS) is 14.2. The van der Waals surface area contributed by atoms with E-state index in [0.29, 0.717) is 0 Å². The number of nitrogens with zero attached hydrogens (tertiary/aromatic N) is 1. The van der Waals surface area contributed by atoms with E-state index in [0.717, 1.165) is 11.6 Å². The van der Waals surface area contributed by atoms with Gasteiger partial charge in [0.05, 0.1) is 0 Å². The first-order valence-corrected chi connectivity index (χ1v) is 7.21. The molecule has 0 fully saturated rings. The third-order valence-electron chi connectivity index (χ3n) is 3.43. The summed E-state index contributed by atoms with van der Waals surface area (Å²) in [5.41, 5.74) is 8.62. The van der Waals surface area contributed by atoms with Crippen LogP contribution in [0, 0.1) is 0 Å². The average molecular weight is 289 g/mol. The standard InChI is InChI=1S/C17H21ClN2/c1-13(19)17(15-8-4-3-5-9-15)20(2)12-14-7-6-10-16(18)11-14/h3-11,13,17H,12,19H2,1-2H3. The van der Waals surface area contributed by atoms with E-state index in [1.54, 1.807) is 0 Å². The van der Waals surface area contributed by atoms with Crippen LogP contribution in [0.4, 0.5) is 0 Å². The largest absolute Gasteiger partial charge is 0.326 e. The molecule has 0 spiro atoms. The summed E-state index contributed by atoms with van der Waals surface area (Å²) in [6, 6.07) is 18.6. The number of benzene rings is 2. The number of rotatable bonds is 5. The summed E-state index contributed by atoms with van der Waals surface area (Å²) in [7, 11) is 2.10. The van der Waals surface area contributed by atoms with Gasteiger partial charge in [-0.15, -0.1) is 0 Å². The van der Waals surface area contributed by atoms with Crippen LogP contribution < -0.4 is 5.73 Å². The van der Waals surface area contributed by atoms with Gasteiger partial charge >= 0.3 is 0 Å². The van der Waals surface area contributed by atoms with Crippen LogP contribution in [-0.4, -0.2) is 18.0 Å². The zero-order chi connectivity index (χ0) is 14.5. The Morgan fingerprint density at radius 1 is 1.10 bits per heavy atom.